The number of anilines is 1. The second-order valence-corrected chi connectivity index (χ2v) is 5.55. The van der Waals surface area contributed by atoms with Gasteiger partial charge in [-0.1, -0.05) is 0 Å². The Hall–Kier alpha value is -1.31. The second kappa shape index (κ2) is 7.20. The number of ether oxygens (including phenoxy) is 2. The Morgan fingerprint density at radius 1 is 1.22 bits per heavy atom. The number of hydrogen-bond acceptors (Lipinski definition) is 5. The number of nitrogens with one attached hydrogen (secondary N) is 1. The molecular weight excluding hydrogens is 256 g/mol. The van der Waals surface area contributed by atoms with Gasteiger partial charge >= 0.3 is 0 Å². The van der Waals surface area contributed by atoms with Gasteiger partial charge in [0.15, 0.2) is 0 Å². The number of nitrogens with two attached hydrogens (primary N) is 1. The molecule has 0 unspecified atom stereocenters. The quantitative estimate of drug-likeness (QED) is 0.522. The van der Waals surface area contributed by atoms with Crippen LogP contribution in [-0.2, 0) is 14.8 Å². The maximum absolute atomic E-state index is 11.4. The van der Waals surface area contributed by atoms with Crippen LogP contribution in [0.5, 0.6) is 5.75 Å². The van der Waals surface area contributed by atoms with Crippen molar-refractivity contribution in [3.05, 3.63) is 24.3 Å². The van der Waals surface area contributed by atoms with Crippen LogP contribution < -0.4 is 15.2 Å². The zero-order chi connectivity index (χ0) is 13.4. The lowest BCUT2D eigenvalue weighted by molar-refractivity contribution is 0.216. The van der Waals surface area contributed by atoms with Crippen molar-refractivity contribution in [2.24, 2.45) is 0 Å². The monoisotopic (exact) mass is 274 g/mol. The molecule has 18 heavy (non-hydrogen) atoms. The molecule has 0 aliphatic carbocycles. The van der Waals surface area contributed by atoms with Crippen LogP contribution in [-0.4, -0.2) is 41.0 Å². The largest absolute Gasteiger partial charge is 0.492 e. The van der Waals surface area contributed by atoms with Gasteiger partial charge in [-0.05, 0) is 24.3 Å². The lowest BCUT2D eigenvalue weighted by atomic mass is 10.3. The van der Waals surface area contributed by atoms with E-state index in [1.807, 2.05) is 0 Å². The number of rotatable bonds is 8. The summed E-state index contributed by atoms with van der Waals surface area (Å²) in [6.45, 7) is 0.653. The molecule has 0 atom stereocenters. The zero-order valence-corrected chi connectivity index (χ0v) is 11.1. The maximum Gasteiger partial charge on any atom is 0.213 e. The van der Waals surface area contributed by atoms with Gasteiger partial charge in [-0.25, -0.2) is 13.1 Å². The Bertz CT molecular complexity index is 445. The van der Waals surface area contributed by atoms with Crippen LogP contribution in [0.25, 0.3) is 0 Å². The zero-order valence-electron chi connectivity index (χ0n) is 10.3. The van der Waals surface area contributed by atoms with Crippen LogP contribution in [0.15, 0.2) is 24.3 Å². The number of benzene rings is 1. The Kier molecular flexibility index (Phi) is 5.90. The summed E-state index contributed by atoms with van der Waals surface area (Å²) in [5, 5.41) is 0. The van der Waals surface area contributed by atoms with E-state index in [9.17, 15) is 8.42 Å². The fourth-order valence-electron chi connectivity index (χ4n) is 1.20. The first-order chi connectivity index (χ1) is 8.53. The summed E-state index contributed by atoms with van der Waals surface area (Å²) in [6.07, 6.45) is 0. The minimum atomic E-state index is -3.28. The molecule has 0 saturated carbocycles. The van der Waals surface area contributed by atoms with Gasteiger partial charge in [0.2, 0.25) is 10.0 Å². The van der Waals surface area contributed by atoms with E-state index < -0.39 is 10.0 Å². The third kappa shape index (κ3) is 5.85. The van der Waals surface area contributed by atoms with Crippen molar-refractivity contribution in [3.8, 4) is 5.75 Å². The summed E-state index contributed by atoms with van der Waals surface area (Å²) < 4.78 is 35.2. The average Bonchev–Trinajstić information content (AvgIpc) is 2.34. The molecule has 0 aliphatic rings. The Morgan fingerprint density at radius 2 is 1.89 bits per heavy atom. The van der Waals surface area contributed by atoms with Crippen molar-refractivity contribution < 1.29 is 17.9 Å². The Labute approximate surface area is 107 Å². The van der Waals surface area contributed by atoms with E-state index >= 15 is 0 Å². The maximum atomic E-state index is 11.4. The van der Waals surface area contributed by atoms with Crippen molar-refractivity contribution in [2.45, 2.75) is 0 Å². The highest BCUT2D eigenvalue weighted by Crippen LogP contribution is 2.12. The van der Waals surface area contributed by atoms with Crippen molar-refractivity contribution >= 4 is 15.7 Å². The number of methoxy groups -OCH3 is 1. The highest BCUT2D eigenvalue weighted by molar-refractivity contribution is 7.89. The summed E-state index contributed by atoms with van der Waals surface area (Å²) in [4.78, 5) is 0. The first-order valence-corrected chi connectivity index (χ1v) is 7.13. The standard InChI is InChI=1S/C11H18N2O4S/c1-16-8-9-18(14,15)13-6-7-17-11-4-2-10(12)3-5-11/h2-5,13H,6-9,12H2,1H3. The van der Waals surface area contributed by atoms with Crippen LogP contribution in [0.1, 0.15) is 0 Å². The molecule has 0 aromatic heterocycles. The topological polar surface area (TPSA) is 90.7 Å². The molecule has 0 bridgehead atoms. The number of nitrogen functional groups attached to an aromatic ring is 1. The first-order valence-electron chi connectivity index (χ1n) is 5.48. The molecule has 0 aliphatic heterocycles. The molecule has 0 spiro atoms. The van der Waals surface area contributed by atoms with Gasteiger partial charge in [0.05, 0.1) is 12.4 Å². The lowest BCUT2D eigenvalue weighted by Gasteiger charge is -2.08. The molecule has 1 aromatic rings. The van der Waals surface area contributed by atoms with Gasteiger partial charge in [-0.3, -0.25) is 0 Å². The van der Waals surface area contributed by atoms with Crippen LogP contribution in [0.2, 0.25) is 0 Å². The lowest BCUT2D eigenvalue weighted by Crippen LogP contribution is -2.31. The summed E-state index contributed by atoms with van der Waals surface area (Å²) in [5.41, 5.74) is 6.18. The second-order valence-electron chi connectivity index (χ2n) is 3.62. The summed E-state index contributed by atoms with van der Waals surface area (Å²) in [6, 6.07) is 6.90. The van der Waals surface area contributed by atoms with Crippen molar-refractivity contribution in [2.75, 3.05) is 38.4 Å². The Balaban J connectivity index is 2.24. The predicted octanol–water partition coefficient (Wildman–Crippen LogP) is 0.213. The predicted molar refractivity (Wildman–Crippen MR) is 70.0 cm³/mol. The van der Waals surface area contributed by atoms with Gasteiger partial charge in [0, 0.05) is 19.3 Å². The fraction of sp³-hybridized carbons (Fsp3) is 0.455. The molecule has 1 aromatic carbocycles. The normalized spacial score (nSPS) is 11.4. The summed E-state index contributed by atoms with van der Waals surface area (Å²) in [7, 11) is -1.82. The third-order valence-electron chi connectivity index (χ3n) is 2.13. The Morgan fingerprint density at radius 3 is 2.50 bits per heavy atom. The smallest absolute Gasteiger partial charge is 0.213 e. The van der Waals surface area contributed by atoms with Crippen LogP contribution >= 0.6 is 0 Å². The van der Waals surface area contributed by atoms with Gasteiger partial charge in [0.1, 0.15) is 12.4 Å². The van der Waals surface area contributed by atoms with E-state index in [1.54, 1.807) is 24.3 Å². The van der Waals surface area contributed by atoms with Crippen molar-refractivity contribution in [1.29, 1.82) is 0 Å². The molecule has 6 nitrogen and oxygen atoms in total. The van der Waals surface area contributed by atoms with E-state index in [2.05, 4.69) is 4.72 Å². The highest BCUT2D eigenvalue weighted by Gasteiger charge is 2.08. The van der Waals surface area contributed by atoms with E-state index in [1.165, 1.54) is 7.11 Å². The molecule has 3 N–H and O–H groups in total. The number of hydrogen-bond donors (Lipinski definition) is 2. The molecule has 7 heteroatoms. The molecule has 0 amide bonds. The van der Waals surface area contributed by atoms with Gasteiger partial charge < -0.3 is 15.2 Å². The molecule has 102 valence electrons. The van der Waals surface area contributed by atoms with E-state index in [-0.39, 0.29) is 25.5 Å². The minimum absolute atomic E-state index is 0.0502. The fourth-order valence-corrected chi connectivity index (χ4v) is 2.12. The average molecular weight is 274 g/mol. The van der Waals surface area contributed by atoms with Crippen LogP contribution in [0.3, 0.4) is 0 Å². The molecule has 0 fully saturated rings. The first kappa shape index (κ1) is 14.7. The van der Waals surface area contributed by atoms with Crippen LogP contribution in [0, 0.1) is 0 Å². The number of sulfonamides is 1. The molecular formula is C11H18N2O4S. The highest BCUT2D eigenvalue weighted by atomic mass is 32.2. The van der Waals surface area contributed by atoms with E-state index in [0.717, 1.165) is 0 Å². The van der Waals surface area contributed by atoms with Gasteiger partial charge in [0.25, 0.3) is 0 Å². The summed E-state index contributed by atoms with van der Waals surface area (Å²) >= 11 is 0. The minimum Gasteiger partial charge on any atom is -0.492 e. The molecule has 0 heterocycles. The molecule has 0 saturated heterocycles. The van der Waals surface area contributed by atoms with Crippen LogP contribution in [0.4, 0.5) is 5.69 Å². The van der Waals surface area contributed by atoms with Crippen molar-refractivity contribution in [3.63, 3.8) is 0 Å². The summed E-state index contributed by atoms with van der Waals surface area (Å²) in [5.74, 6) is 0.603. The third-order valence-corrected chi connectivity index (χ3v) is 3.48. The van der Waals surface area contributed by atoms with E-state index in [0.29, 0.717) is 11.4 Å². The van der Waals surface area contributed by atoms with Crippen molar-refractivity contribution in [1.82, 2.24) is 4.72 Å². The molecule has 1 rings (SSSR count). The SMILES string of the molecule is COCCS(=O)(=O)NCCOc1ccc(N)cc1. The van der Waals surface area contributed by atoms with E-state index in [4.69, 9.17) is 15.2 Å². The van der Waals surface area contributed by atoms with Gasteiger partial charge in [-0.2, -0.15) is 0 Å². The molecule has 0 radical (unpaired) electrons. The van der Waals surface area contributed by atoms with Gasteiger partial charge in [-0.15, -0.1) is 0 Å².